The molecule has 0 spiro atoms. The number of pyridine rings is 2. The summed E-state index contributed by atoms with van der Waals surface area (Å²) in [5.74, 6) is 1.91. The van der Waals surface area contributed by atoms with Crippen LogP contribution < -0.4 is 11.0 Å². The molecule has 2 saturated carbocycles. The van der Waals surface area contributed by atoms with Gasteiger partial charge in [0, 0.05) is 43.2 Å². The van der Waals surface area contributed by atoms with Crippen LogP contribution in [0.15, 0.2) is 66.0 Å². The molecule has 1 aromatic carbocycles. The van der Waals surface area contributed by atoms with Crippen molar-refractivity contribution in [2.24, 2.45) is 13.0 Å². The zero-order chi connectivity index (χ0) is 27.2. The van der Waals surface area contributed by atoms with Gasteiger partial charge in [0.2, 0.25) is 0 Å². The number of nitrogens with one attached hydrogen (secondary N) is 1. The van der Waals surface area contributed by atoms with E-state index in [1.165, 1.54) is 37.8 Å². The monoisotopic (exact) mass is 537 g/mol. The van der Waals surface area contributed by atoms with Gasteiger partial charge in [-0.2, -0.15) is 0 Å². The molecular weight excluding hydrogens is 505 g/mol. The number of nitrogens with zero attached hydrogens (tertiary/aromatic N) is 6. The van der Waals surface area contributed by atoms with Crippen LogP contribution >= 0.6 is 0 Å². The van der Waals surface area contributed by atoms with Gasteiger partial charge in [0.05, 0.1) is 5.52 Å². The minimum Gasteiger partial charge on any atom is -0.317 e. The van der Waals surface area contributed by atoms with Crippen molar-refractivity contribution < 1.29 is 4.39 Å². The van der Waals surface area contributed by atoms with Crippen molar-refractivity contribution in [3.63, 3.8) is 0 Å². The molecule has 7 rings (SSSR count). The van der Waals surface area contributed by atoms with Crippen LogP contribution in [-0.4, -0.2) is 35.3 Å². The second kappa shape index (κ2) is 10.1. The molecule has 2 fully saturated rings. The Bertz CT molecular complexity index is 1760. The molecule has 0 unspecified atom stereocenters. The SMILES string of the molecule is Cn1cnnc1-c1cc(F)ccc1-c1cc(C2CC2)nc(-n2cc3ccc(CNCC4CCCC4)cn3c2=O)c1. The summed E-state index contributed by atoms with van der Waals surface area (Å²) in [5.41, 5.74) is 4.99. The lowest BCUT2D eigenvalue weighted by Crippen LogP contribution is -2.22. The normalized spacial score (nSPS) is 15.8. The van der Waals surface area contributed by atoms with Crippen molar-refractivity contribution in [1.29, 1.82) is 0 Å². The van der Waals surface area contributed by atoms with E-state index in [1.54, 1.807) is 25.9 Å². The predicted molar refractivity (Wildman–Crippen MR) is 152 cm³/mol. The van der Waals surface area contributed by atoms with Gasteiger partial charge >= 0.3 is 5.69 Å². The molecule has 9 heteroatoms. The van der Waals surface area contributed by atoms with E-state index in [0.717, 1.165) is 59.8 Å². The average molecular weight is 538 g/mol. The fourth-order valence-electron chi connectivity index (χ4n) is 5.92. The third-order valence-electron chi connectivity index (χ3n) is 8.27. The van der Waals surface area contributed by atoms with Crippen LogP contribution in [0.3, 0.4) is 0 Å². The number of imidazole rings is 1. The zero-order valence-corrected chi connectivity index (χ0v) is 22.6. The number of hydrogen-bond donors (Lipinski definition) is 1. The van der Waals surface area contributed by atoms with Crippen LogP contribution in [0.5, 0.6) is 0 Å². The number of fused-ring (bicyclic) bond motifs is 1. The molecule has 1 N–H and O–H groups in total. The average Bonchev–Trinajstić information content (AvgIpc) is 3.35. The second-order valence-electron chi connectivity index (χ2n) is 11.3. The van der Waals surface area contributed by atoms with Gasteiger partial charge in [-0.3, -0.25) is 8.97 Å². The first kappa shape index (κ1) is 24.9. The van der Waals surface area contributed by atoms with Crippen molar-refractivity contribution in [1.82, 2.24) is 34.0 Å². The zero-order valence-electron chi connectivity index (χ0n) is 22.6. The molecule has 0 bridgehead atoms. The highest BCUT2D eigenvalue weighted by Gasteiger charge is 2.27. The van der Waals surface area contributed by atoms with Crippen molar-refractivity contribution in [3.05, 3.63) is 88.7 Å². The molecular formula is C31H32FN7O. The largest absolute Gasteiger partial charge is 0.338 e. The maximum atomic E-state index is 14.4. The number of aromatic nitrogens is 6. The first-order valence-corrected chi connectivity index (χ1v) is 14.1. The summed E-state index contributed by atoms with van der Waals surface area (Å²) >= 11 is 0. The molecule has 0 saturated heterocycles. The third kappa shape index (κ3) is 4.75. The summed E-state index contributed by atoms with van der Waals surface area (Å²) in [4.78, 5) is 18.6. The minimum absolute atomic E-state index is 0.160. The highest BCUT2D eigenvalue weighted by molar-refractivity contribution is 5.81. The summed E-state index contributed by atoms with van der Waals surface area (Å²) in [5, 5.41) is 11.8. The van der Waals surface area contributed by atoms with Gasteiger partial charge in [0.25, 0.3) is 0 Å². The van der Waals surface area contributed by atoms with Crippen molar-refractivity contribution in [2.75, 3.05) is 6.54 Å². The first-order valence-electron chi connectivity index (χ1n) is 14.1. The molecule has 0 radical (unpaired) electrons. The minimum atomic E-state index is -0.345. The van der Waals surface area contributed by atoms with Gasteiger partial charge in [-0.05, 0) is 85.2 Å². The molecule has 5 aromatic rings. The summed E-state index contributed by atoms with van der Waals surface area (Å²) < 4.78 is 19.5. The first-order chi connectivity index (χ1) is 19.5. The second-order valence-corrected chi connectivity index (χ2v) is 11.3. The Morgan fingerprint density at radius 2 is 1.85 bits per heavy atom. The van der Waals surface area contributed by atoms with Gasteiger partial charge in [-0.1, -0.05) is 25.0 Å². The number of hydrogen-bond acceptors (Lipinski definition) is 5. The maximum absolute atomic E-state index is 14.4. The Labute approximate surface area is 231 Å². The van der Waals surface area contributed by atoms with Crippen LogP contribution in [0.4, 0.5) is 4.39 Å². The fraction of sp³-hybridized carbons (Fsp3) is 0.355. The van der Waals surface area contributed by atoms with Crippen molar-refractivity contribution in [3.8, 4) is 28.3 Å². The third-order valence-corrected chi connectivity index (χ3v) is 8.27. The van der Waals surface area contributed by atoms with E-state index in [4.69, 9.17) is 4.98 Å². The lowest BCUT2D eigenvalue weighted by molar-refractivity contribution is 0.489. The Morgan fingerprint density at radius 1 is 1.00 bits per heavy atom. The summed E-state index contributed by atoms with van der Waals surface area (Å²) in [6.07, 6.45) is 12.8. The van der Waals surface area contributed by atoms with Crippen molar-refractivity contribution in [2.45, 2.75) is 51.0 Å². The summed E-state index contributed by atoms with van der Waals surface area (Å²) in [7, 11) is 1.84. The molecule has 8 nitrogen and oxygen atoms in total. The van der Waals surface area contributed by atoms with E-state index in [9.17, 15) is 9.18 Å². The van der Waals surface area contributed by atoms with Gasteiger partial charge in [-0.25, -0.2) is 14.2 Å². The predicted octanol–water partition coefficient (Wildman–Crippen LogP) is 5.24. The molecule has 0 aliphatic heterocycles. The van der Waals surface area contributed by atoms with Crippen LogP contribution in [0.25, 0.3) is 33.8 Å². The molecule has 2 aliphatic carbocycles. The van der Waals surface area contributed by atoms with E-state index < -0.39 is 0 Å². The lowest BCUT2D eigenvalue weighted by Gasteiger charge is -2.13. The smallest absolute Gasteiger partial charge is 0.317 e. The quantitative estimate of drug-likeness (QED) is 0.293. The van der Waals surface area contributed by atoms with E-state index in [0.29, 0.717) is 23.1 Å². The maximum Gasteiger partial charge on any atom is 0.338 e. The summed E-state index contributed by atoms with van der Waals surface area (Å²) in [6.45, 7) is 1.76. The number of halogens is 1. The Hall–Kier alpha value is -4.11. The topological polar surface area (TPSA) is 82.0 Å². The Morgan fingerprint density at radius 3 is 2.62 bits per heavy atom. The Balaban J connectivity index is 1.27. The van der Waals surface area contributed by atoms with Crippen LogP contribution in [0, 0.1) is 11.7 Å². The van der Waals surface area contributed by atoms with E-state index in [2.05, 4.69) is 27.6 Å². The van der Waals surface area contributed by atoms with E-state index in [1.807, 2.05) is 31.6 Å². The van der Waals surface area contributed by atoms with Gasteiger partial charge in [0.15, 0.2) is 5.82 Å². The highest BCUT2D eigenvalue weighted by atomic mass is 19.1. The standard InChI is InChI=1S/C31H32FN7O/c1-37-19-34-36-30(37)27-14-24(32)9-11-26(27)23-12-28(22-7-8-22)35-29(13-23)39-18-25-10-6-21(17-38(25)31(39)40)16-33-15-20-4-2-3-5-20/h6,9-14,17-20,22,33H,2-5,7-8,15-16H2,1H3. The van der Waals surface area contributed by atoms with Crippen LogP contribution in [0.1, 0.15) is 55.7 Å². The number of benzene rings is 1. The molecule has 4 aromatic heterocycles. The van der Waals surface area contributed by atoms with E-state index in [-0.39, 0.29) is 11.5 Å². The van der Waals surface area contributed by atoms with Crippen LogP contribution in [-0.2, 0) is 13.6 Å². The molecule has 204 valence electrons. The summed E-state index contributed by atoms with van der Waals surface area (Å²) in [6, 6.07) is 12.7. The molecule has 4 heterocycles. The van der Waals surface area contributed by atoms with Gasteiger partial charge in [-0.15, -0.1) is 10.2 Å². The molecule has 0 atom stereocenters. The number of aryl methyl sites for hydroxylation is 1. The van der Waals surface area contributed by atoms with Gasteiger partial charge in [0.1, 0.15) is 18.0 Å². The van der Waals surface area contributed by atoms with Crippen LogP contribution in [0.2, 0.25) is 0 Å². The lowest BCUT2D eigenvalue weighted by atomic mass is 9.98. The van der Waals surface area contributed by atoms with Crippen molar-refractivity contribution >= 4 is 5.52 Å². The highest BCUT2D eigenvalue weighted by Crippen LogP contribution is 2.41. The van der Waals surface area contributed by atoms with Gasteiger partial charge < -0.3 is 9.88 Å². The molecule has 2 aliphatic rings. The Kier molecular flexibility index (Phi) is 6.31. The fourth-order valence-corrected chi connectivity index (χ4v) is 5.92. The molecule has 40 heavy (non-hydrogen) atoms. The molecule has 0 amide bonds. The number of rotatable bonds is 8. The van der Waals surface area contributed by atoms with E-state index >= 15 is 0 Å².